The molecule has 0 spiro atoms. The highest BCUT2D eigenvalue weighted by Crippen LogP contribution is 2.40. The Labute approximate surface area is 134 Å². The molecule has 4 rings (SSSR count). The standard InChI is InChI=1S/C16H19N5O2/c1-10-8-21(16-17-5-2-6-18-16)9-13(10)19-15(22)12-7-14(23-20-12)11-3-4-11/h2,5-7,10-11,13H,3-4,8-9H2,1H3,(H,19,22)/t10-,13+/m1/s1. The van der Waals surface area contributed by atoms with Crippen molar-refractivity contribution < 1.29 is 9.32 Å². The number of carbonyl (C=O) groups is 1. The Morgan fingerprint density at radius 2 is 2.09 bits per heavy atom. The minimum Gasteiger partial charge on any atom is -0.360 e. The van der Waals surface area contributed by atoms with Crippen molar-refractivity contribution in [1.29, 1.82) is 0 Å². The summed E-state index contributed by atoms with van der Waals surface area (Å²) in [7, 11) is 0. The first-order chi connectivity index (χ1) is 11.2. The van der Waals surface area contributed by atoms with Crippen LogP contribution in [0.15, 0.2) is 29.0 Å². The molecule has 1 aliphatic carbocycles. The van der Waals surface area contributed by atoms with Gasteiger partial charge in [-0.05, 0) is 24.8 Å². The third-order valence-corrected chi connectivity index (χ3v) is 4.50. The van der Waals surface area contributed by atoms with Gasteiger partial charge in [0.15, 0.2) is 5.69 Å². The zero-order chi connectivity index (χ0) is 15.8. The van der Waals surface area contributed by atoms with Gasteiger partial charge >= 0.3 is 0 Å². The molecule has 1 N–H and O–H groups in total. The number of nitrogens with one attached hydrogen (secondary N) is 1. The van der Waals surface area contributed by atoms with Crippen molar-refractivity contribution in [3.8, 4) is 0 Å². The van der Waals surface area contributed by atoms with E-state index in [1.54, 1.807) is 24.5 Å². The molecule has 2 aromatic heterocycles. The predicted octanol–water partition coefficient (Wildman–Crippen LogP) is 1.60. The van der Waals surface area contributed by atoms with Crippen molar-refractivity contribution >= 4 is 11.9 Å². The largest absolute Gasteiger partial charge is 0.360 e. The summed E-state index contributed by atoms with van der Waals surface area (Å²) in [6, 6.07) is 3.61. The quantitative estimate of drug-likeness (QED) is 0.923. The SMILES string of the molecule is C[C@@H]1CN(c2ncccn2)C[C@@H]1NC(=O)c1cc(C2CC2)on1. The summed E-state index contributed by atoms with van der Waals surface area (Å²) in [5.74, 6) is 2.13. The van der Waals surface area contributed by atoms with Crippen LogP contribution < -0.4 is 10.2 Å². The molecule has 2 fully saturated rings. The molecule has 1 saturated heterocycles. The number of hydrogen-bond donors (Lipinski definition) is 1. The fraction of sp³-hybridized carbons (Fsp3) is 0.500. The smallest absolute Gasteiger partial charge is 0.273 e. The zero-order valence-corrected chi connectivity index (χ0v) is 13.0. The maximum absolute atomic E-state index is 12.4. The van der Waals surface area contributed by atoms with Crippen molar-refractivity contribution in [2.45, 2.75) is 31.7 Å². The van der Waals surface area contributed by atoms with Crippen molar-refractivity contribution in [3.63, 3.8) is 0 Å². The molecule has 0 radical (unpaired) electrons. The van der Waals surface area contributed by atoms with Gasteiger partial charge in [0, 0.05) is 37.5 Å². The van der Waals surface area contributed by atoms with Crippen LogP contribution in [-0.2, 0) is 0 Å². The molecule has 0 aromatic carbocycles. The van der Waals surface area contributed by atoms with Gasteiger partial charge in [-0.25, -0.2) is 9.97 Å². The van der Waals surface area contributed by atoms with E-state index in [0.29, 0.717) is 30.0 Å². The summed E-state index contributed by atoms with van der Waals surface area (Å²) < 4.78 is 5.25. The van der Waals surface area contributed by atoms with Crippen LogP contribution in [0.3, 0.4) is 0 Å². The van der Waals surface area contributed by atoms with Gasteiger partial charge in [0.05, 0.1) is 6.04 Å². The van der Waals surface area contributed by atoms with Crippen LogP contribution in [0.2, 0.25) is 0 Å². The Kier molecular flexibility index (Phi) is 3.48. The first-order valence-electron chi connectivity index (χ1n) is 8.00. The number of carbonyl (C=O) groups excluding carboxylic acids is 1. The molecule has 0 unspecified atom stereocenters. The van der Waals surface area contributed by atoms with E-state index in [1.807, 2.05) is 0 Å². The topological polar surface area (TPSA) is 84.2 Å². The van der Waals surface area contributed by atoms with E-state index in [4.69, 9.17) is 4.52 Å². The fourth-order valence-corrected chi connectivity index (χ4v) is 2.97. The molecule has 1 amide bonds. The van der Waals surface area contributed by atoms with E-state index >= 15 is 0 Å². The molecule has 2 aliphatic rings. The van der Waals surface area contributed by atoms with Gasteiger partial charge in [-0.3, -0.25) is 4.79 Å². The molecule has 23 heavy (non-hydrogen) atoms. The minimum absolute atomic E-state index is 0.0485. The molecule has 120 valence electrons. The van der Waals surface area contributed by atoms with Gasteiger partial charge in [0.25, 0.3) is 5.91 Å². The zero-order valence-electron chi connectivity index (χ0n) is 13.0. The van der Waals surface area contributed by atoms with Crippen LogP contribution in [0.4, 0.5) is 5.95 Å². The second kappa shape index (κ2) is 5.64. The molecule has 7 heteroatoms. The minimum atomic E-state index is -0.173. The molecule has 1 aliphatic heterocycles. The Bertz CT molecular complexity index is 698. The van der Waals surface area contributed by atoms with Gasteiger partial charge in [0.1, 0.15) is 5.76 Å². The molecule has 2 aromatic rings. The molecule has 7 nitrogen and oxygen atoms in total. The highest BCUT2D eigenvalue weighted by Gasteiger charge is 2.33. The molecule has 0 bridgehead atoms. The lowest BCUT2D eigenvalue weighted by molar-refractivity contribution is 0.0924. The Morgan fingerprint density at radius 1 is 1.30 bits per heavy atom. The van der Waals surface area contributed by atoms with Crippen LogP contribution in [0.1, 0.15) is 41.9 Å². The predicted molar refractivity (Wildman–Crippen MR) is 83.1 cm³/mol. The summed E-state index contributed by atoms with van der Waals surface area (Å²) in [4.78, 5) is 23.0. The number of rotatable bonds is 4. The van der Waals surface area contributed by atoms with Crippen molar-refractivity contribution in [3.05, 3.63) is 36.0 Å². The van der Waals surface area contributed by atoms with Crippen molar-refractivity contribution in [2.75, 3.05) is 18.0 Å². The third kappa shape index (κ3) is 2.91. The number of amides is 1. The van der Waals surface area contributed by atoms with Crippen LogP contribution in [0.25, 0.3) is 0 Å². The lowest BCUT2D eigenvalue weighted by atomic mass is 10.1. The van der Waals surface area contributed by atoms with E-state index in [-0.39, 0.29) is 11.9 Å². The summed E-state index contributed by atoms with van der Waals surface area (Å²) in [6.07, 6.45) is 5.71. The van der Waals surface area contributed by atoms with Gasteiger partial charge < -0.3 is 14.7 Å². The number of nitrogens with zero attached hydrogens (tertiary/aromatic N) is 4. The number of hydrogen-bond acceptors (Lipinski definition) is 6. The van der Waals surface area contributed by atoms with Gasteiger partial charge in [-0.2, -0.15) is 0 Å². The summed E-state index contributed by atoms with van der Waals surface area (Å²) in [6.45, 7) is 3.64. The highest BCUT2D eigenvalue weighted by molar-refractivity contribution is 5.92. The van der Waals surface area contributed by atoms with Gasteiger partial charge in [0.2, 0.25) is 5.95 Å². The lowest BCUT2D eigenvalue weighted by Crippen LogP contribution is -2.40. The van der Waals surface area contributed by atoms with E-state index in [9.17, 15) is 4.79 Å². The van der Waals surface area contributed by atoms with Crippen LogP contribution in [0, 0.1) is 5.92 Å². The van der Waals surface area contributed by atoms with E-state index < -0.39 is 0 Å². The van der Waals surface area contributed by atoms with Crippen molar-refractivity contribution in [1.82, 2.24) is 20.4 Å². The van der Waals surface area contributed by atoms with Crippen LogP contribution in [-0.4, -0.2) is 40.2 Å². The lowest BCUT2D eigenvalue weighted by Gasteiger charge is -2.16. The maximum atomic E-state index is 12.4. The summed E-state index contributed by atoms with van der Waals surface area (Å²) >= 11 is 0. The number of aromatic nitrogens is 3. The molecule has 2 atom stereocenters. The second-order valence-corrected chi connectivity index (χ2v) is 6.40. The Hall–Kier alpha value is -2.44. The van der Waals surface area contributed by atoms with Gasteiger partial charge in [-0.15, -0.1) is 0 Å². The maximum Gasteiger partial charge on any atom is 0.273 e. The van der Waals surface area contributed by atoms with E-state index in [0.717, 1.165) is 25.1 Å². The monoisotopic (exact) mass is 313 g/mol. The van der Waals surface area contributed by atoms with E-state index in [1.165, 1.54) is 0 Å². The molecular weight excluding hydrogens is 294 g/mol. The van der Waals surface area contributed by atoms with Crippen LogP contribution >= 0.6 is 0 Å². The fourth-order valence-electron chi connectivity index (χ4n) is 2.97. The average Bonchev–Trinajstić information content (AvgIpc) is 3.18. The van der Waals surface area contributed by atoms with Gasteiger partial charge in [-0.1, -0.05) is 12.1 Å². The molecule has 1 saturated carbocycles. The van der Waals surface area contributed by atoms with Crippen LogP contribution in [0.5, 0.6) is 0 Å². The summed E-state index contributed by atoms with van der Waals surface area (Å²) in [5.41, 5.74) is 0.369. The normalized spacial score (nSPS) is 24.0. The highest BCUT2D eigenvalue weighted by atomic mass is 16.5. The second-order valence-electron chi connectivity index (χ2n) is 6.40. The first kappa shape index (κ1) is 14.2. The van der Waals surface area contributed by atoms with E-state index in [2.05, 4.69) is 32.3 Å². The third-order valence-electron chi connectivity index (χ3n) is 4.50. The Morgan fingerprint density at radius 3 is 2.83 bits per heavy atom. The molecule has 3 heterocycles. The number of anilines is 1. The summed E-state index contributed by atoms with van der Waals surface area (Å²) in [5, 5.41) is 6.95. The first-order valence-corrected chi connectivity index (χ1v) is 8.00. The Balaban J connectivity index is 1.40. The van der Waals surface area contributed by atoms with Crippen molar-refractivity contribution in [2.24, 2.45) is 5.92 Å². The molecular formula is C16H19N5O2. The average molecular weight is 313 g/mol.